The van der Waals surface area contributed by atoms with E-state index >= 15 is 0 Å². The molecule has 0 fully saturated rings. The largest absolute Gasteiger partial charge is 0.503 e. The lowest BCUT2D eigenvalue weighted by molar-refractivity contribution is 0.376. The van der Waals surface area contributed by atoms with E-state index in [1.807, 2.05) is 4.98 Å². The van der Waals surface area contributed by atoms with Gasteiger partial charge in [0.05, 0.1) is 6.20 Å². The fourth-order valence-electron chi connectivity index (χ4n) is 0.473. The molecule has 4 N–H and O–H groups in total. The number of anilines is 1. The van der Waals surface area contributed by atoms with Crippen molar-refractivity contribution in [2.45, 2.75) is 0 Å². The van der Waals surface area contributed by atoms with Crippen molar-refractivity contribution in [3.05, 3.63) is 16.7 Å². The van der Waals surface area contributed by atoms with E-state index in [-0.39, 0.29) is 11.6 Å². The van der Waals surface area contributed by atoms with Crippen molar-refractivity contribution < 1.29 is 10.3 Å². The molecular weight excluding hydrogens is 138 g/mol. The molecule has 0 saturated heterocycles. The van der Waals surface area contributed by atoms with Crippen molar-refractivity contribution in [1.29, 1.82) is 0 Å². The number of H-pyrrole nitrogens is 1. The normalized spacial score (nSPS) is 9.30. The molecule has 0 unspecified atom stereocenters. The molecule has 1 aromatic heterocycles. The number of hydrogen-bond acceptors (Lipinski definition) is 5. The van der Waals surface area contributed by atoms with Crippen LogP contribution in [0.4, 0.5) is 5.82 Å². The molecule has 1 aromatic rings. The first kappa shape index (κ1) is 6.56. The van der Waals surface area contributed by atoms with Crippen molar-refractivity contribution in [2.75, 3.05) is 5.48 Å². The van der Waals surface area contributed by atoms with Gasteiger partial charge in [-0.3, -0.25) is 15.7 Å². The first-order valence-corrected chi connectivity index (χ1v) is 2.42. The molecule has 0 radical (unpaired) electrons. The Morgan fingerprint density at radius 3 is 2.90 bits per heavy atom. The first-order chi connectivity index (χ1) is 4.74. The highest BCUT2D eigenvalue weighted by Gasteiger charge is 1.98. The second kappa shape index (κ2) is 2.36. The van der Waals surface area contributed by atoms with Crippen LogP contribution in [0.3, 0.4) is 0 Å². The van der Waals surface area contributed by atoms with Gasteiger partial charge in [0.15, 0.2) is 11.6 Å². The molecule has 0 aliphatic carbocycles. The summed E-state index contributed by atoms with van der Waals surface area (Å²) in [6.07, 6.45) is 0.928. The SMILES string of the molecule is O=c1ncc(O)c(NO)[nH]1. The van der Waals surface area contributed by atoms with Gasteiger partial charge in [-0.15, -0.1) is 0 Å². The molecule has 0 aromatic carbocycles. The maximum Gasteiger partial charge on any atom is 0.346 e. The Kier molecular flexibility index (Phi) is 1.55. The van der Waals surface area contributed by atoms with Crippen molar-refractivity contribution in [1.82, 2.24) is 9.97 Å². The molecule has 0 bridgehead atoms. The summed E-state index contributed by atoms with van der Waals surface area (Å²) in [5, 5.41) is 17.0. The van der Waals surface area contributed by atoms with Crippen LogP contribution in [0.25, 0.3) is 0 Å². The van der Waals surface area contributed by atoms with Gasteiger partial charge in [-0.1, -0.05) is 0 Å². The lowest BCUT2D eigenvalue weighted by atomic mass is 10.5. The summed E-state index contributed by atoms with van der Waals surface area (Å²) in [4.78, 5) is 15.6. The van der Waals surface area contributed by atoms with Crippen LogP contribution in [0.5, 0.6) is 5.75 Å². The number of rotatable bonds is 1. The lowest BCUT2D eigenvalue weighted by Gasteiger charge is -1.97. The third kappa shape index (κ3) is 1.06. The number of aromatic nitrogens is 2. The van der Waals surface area contributed by atoms with Gasteiger partial charge in [0.25, 0.3) is 0 Å². The molecule has 1 heterocycles. The molecule has 0 spiro atoms. The van der Waals surface area contributed by atoms with Gasteiger partial charge in [0.2, 0.25) is 0 Å². The summed E-state index contributed by atoms with van der Waals surface area (Å²) in [5.74, 6) is -0.484. The van der Waals surface area contributed by atoms with Gasteiger partial charge < -0.3 is 5.11 Å². The predicted octanol–water partition coefficient (Wildman–Crippen LogP) is -0.723. The number of aromatic hydroxyl groups is 1. The maximum atomic E-state index is 10.4. The number of aromatic amines is 1. The Balaban J connectivity index is 3.22. The minimum Gasteiger partial charge on any atom is -0.503 e. The molecule has 0 saturated carbocycles. The van der Waals surface area contributed by atoms with Crippen LogP contribution in [-0.4, -0.2) is 20.3 Å². The topological polar surface area (TPSA) is 98.2 Å². The van der Waals surface area contributed by atoms with Crippen LogP contribution in [0.1, 0.15) is 0 Å². The van der Waals surface area contributed by atoms with Crippen LogP contribution in [0.15, 0.2) is 11.0 Å². The molecule has 0 atom stereocenters. The standard InChI is InChI=1S/C4H5N3O3/c8-2-1-5-4(9)6-3(2)7-10/h1,8,10H,(H2,5,6,7,9). The first-order valence-electron chi connectivity index (χ1n) is 2.42. The van der Waals surface area contributed by atoms with Crippen LogP contribution < -0.4 is 11.2 Å². The molecule has 10 heavy (non-hydrogen) atoms. The van der Waals surface area contributed by atoms with E-state index in [0.29, 0.717) is 0 Å². The zero-order chi connectivity index (χ0) is 7.56. The second-order valence-electron chi connectivity index (χ2n) is 1.56. The monoisotopic (exact) mass is 143 g/mol. The minimum absolute atomic E-state index is 0.167. The Bertz CT molecular complexity index is 281. The number of nitrogens with zero attached hydrogens (tertiary/aromatic N) is 1. The third-order valence-electron chi connectivity index (χ3n) is 0.904. The predicted molar refractivity (Wildman–Crippen MR) is 31.9 cm³/mol. The summed E-state index contributed by atoms with van der Waals surface area (Å²) in [5.41, 5.74) is 0.946. The lowest BCUT2D eigenvalue weighted by Crippen LogP contribution is -2.11. The quantitative estimate of drug-likeness (QED) is 0.389. The molecule has 0 amide bonds. The molecule has 0 aliphatic rings. The van der Waals surface area contributed by atoms with Gasteiger partial charge in [-0.2, -0.15) is 4.98 Å². The zero-order valence-corrected chi connectivity index (χ0v) is 4.83. The highest BCUT2D eigenvalue weighted by Crippen LogP contribution is 2.13. The fourth-order valence-corrected chi connectivity index (χ4v) is 0.473. The van der Waals surface area contributed by atoms with E-state index < -0.39 is 5.69 Å². The zero-order valence-electron chi connectivity index (χ0n) is 4.83. The van der Waals surface area contributed by atoms with Crippen molar-refractivity contribution >= 4 is 5.82 Å². The van der Waals surface area contributed by atoms with Gasteiger partial charge >= 0.3 is 5.69 Å². The van der Waals surface area contributed by atoms with E-state index in [1.54, 1.807) is 5.48 Å². The van der Waals surface area contributed by atoms with Crippen molar-refractivity contribution in [3.63, 3.8) is 0 Å². The Morgan fingerprint density at radius 2 is 2.40 bits per heavy atom. The Labute approximate surface area is 55.1 Å². The number of nitrogens with one attached hydrogen (secondary N) is 2. The van der Waals surface area contributed by atoms with Crippen LogP contribution in [0, 0.1) is 0 Å². The Hall–Kier alpha value is -1.56. The number of hydrogen-bond donors (Lipinski definition) is 4. The van der Waals surface area contributed by atoms with Crippen LogP contribution in [0.2, 0.25) is 0 Å². The van der Waals surface area contributed by atoms with Gasteiger partial charge in [-0.25, -0.2) is 4.79 Å². The summed E-state index contributed by atoms with van der Waals surface area (Å²) >= 11 is 0. The minimum atomic E-state index is -0.644. The molecular formula is C4H5N3O3. The van der Waals surface area contributed by atoms with Crippen molar-refractivity contribution in [3.8, 4) is 5.75 Å². The van der Waals surface area contributed by atoms with Gasteiger partial charge in [-0.05, 0) is 0 Å². The fraction of sp³-hybridized carbons (Fsp3) is 0. The summed E-state index contributed by atoms with van der Waals surface area (Å²) < 4.78 is 0. The molecule has 6 heteroatoms. The molecule has 54 valence electrons. The van der Waals surface area contributed by atoms with Gasteiger partial charge in [0.1, 0.15) is 0 Å². The van der Waals surface area contributed by atoms with Crippen LogP contribution >= 0.6 is 0 Å². The highest BCUT2D eigenvalue weighted by atomic mass is 16.5. The van der Waals surface area contributed by atoms with Gasteiger partial charge in [0, 0.05) is 0 Å². The third-order valence-corrected chi connectivity index (χ3v) is 0.904. The second-order valence-corrected chi connectivity index (χ2v) is 1.56. The average Bonchev–Trinajstić information content (AvgIpc) is 1.94. The molecule has 0 aliphatic heterocycles. The summed E-state index contributed by atoms with van der Waals surface area (Å²) in [6, 6.07) is 0. The Morgan fingerprint density at radius 1 is 1.70 bits per heavy atom. The highest BCUT2D eigenvalue weighted by molar-refractivity contribution is 5.44. The summed E-state index contributed by atoms with van der Waals surface area (Å²) in [7, 11) is 0. The smallest absolute Gasteiger partial charge is 0.346 e. The van der Waals surface area contributed by atoms with E-state index in [1.165, 1.54) is 0 Å². The summed E-state index contributed by atoms with van der Waals surface area (Å²) in [6.45, 7) is 0. The van der Waals surface area contributed by atoms with E-state index in [4.69, 9.17) is 10.3 Å². The van der Waals surface area contributed by atoms with Crippen molar-refractivity contribution in [2.24, 2.45) is 0 Å². The average molecular weight is 143 g/mol. The molecule has 1 rings (SSSR count). The van der Waals surface area contributed by atoms with E-state index in [0.717, 1.165) is 6.20 Å². The van der Waals surface area contributed by atoms with Crippen LogP contribution in [-0.2, 0) is 0 Å². The molecule has 6 nitrogen and oxygen atoms in total. The van der Waals surface area contributed by atoms with E-state index in [2.05, 4.69) is 4.98 Å². The van der Waals surface area contributed by atoms with E-state index in [9.17, 15) is 4.79 Å². The maximum absolute atomic E-state index is 10.4.